The Balaban J connectivity index is 2.60. The molecule has 0 saturated carbocycles. The third-order valence-corrected chi connectivity index (χ3v) is 3.81. The van der Waals surface area contributed by atoms with E-state index in [1.54, 1.807) is 0 Å². The van der Waals surface area contributed by atoms with Crippen molar-refractivity contribution in [3.8, 4) is 10.7 Å². The quantitative estimate of drug-likeness (QED) is 0.809. The van der Waals surface area contributed by atoms with E-state index >= 15 is 0 Å². The van der Waals surface area contributed by atoms with Crippen LogP contribution in [0.2, 0.25) is 0 Å². The molecule has 0 fully saturated rings. The molecular weight excluding hydrogens is 264 g/mol. The molecule has 2 N–H and O–H groups in total. The summed E-state index contributed by atoms with van der Waals surface area (Å²) in [6, 6.07) is 0. The van der Waals surface area contributed by atoms with Crippen LogP contribution in [0, 0.1) is 0 Å². The topological polar surface area (TPSA) is 117 Å². The molecule has 2 aromatic rings. The van der Waals surface area contributed by atoms with Gasteiger partial charge in [-0.15, -0.1) is 15.3 Å². The van der Waals surface area contributed by atoms with Crippen LogP contribution in [0.15, 0.2) is 5.16 Å². The highest BCUT2D eigenvalue weighted by Crippen LogP contribution is 2.25. The zero-order valence-corrected chi connectivity index (χ0v) is 10.8. The lowest BCUT2D eigenvalue weighted by molar-refractivity contribution is 0.580. The second-order valence-electron chi connectivity index (χ2n) is 3.31. The molecule has 0 amide bonds. The van der Waals surface area contributed by atoms with Crippen LogP contribution < -0.4 is 5.14 Å². The lowest BCUT2D eigenvalue weighted by atomic mass is 10.3. The molecule has 10 heteroatoms. The van der Waals surface area contributed by atoms with Crippen LogP contribution in [0.3, 0.4) is 0 Å². The lowest BCUT2D eigenvalue weighted by Gasteiger charge is -2.00. The van der Waals surface area contributed by atoms with Crippen molar-refractivity contribution >= 4 is 21.6 Å². The zero-order chi connectivity index (χ0) is 12.6. The highest BCUT2D eigenvalue weighted by atomic mass is 32.2. The van der Waals surface area contributed by atoms with Crippen LogP contribution in [0.5, 0.6) is 0 Å². The molecule has 0 aromatic carbocycles. The van der Waals surface area contributed by atoms with Gasteiger partial charge >= 0.3 is 0 Å². The van der Waals surface area contributed by atoms with E-state index in [-0.39, 0.29) is 5.16 Å². The van der Waals surface area contributed by atoms with Crippen LogP contribution in [0.1, 0.15) is 12.6 Å². The van der Waals surface area contributed by atoms with Crippen LogP contribution >= 0.6 is 11.5 Å². The SMILES string of the molecule is CCc1nnsc1-c1nnc(S(N)(=O)=O)n1C. The Labute approximate surface area is 102 Å². The largest absolute Gasteiger partial charge is 0.299 e. The van der Waals surface area contributed by atoms with E-state index in [0.717, 1.165) is 17.2 Å². The van der Waals surface area contributed by atoms with Gasteiger partial charge in [0.2, 0.25) is 0 Å². The number of aromatic nitrogens is 5. The maximum Gasteiger partial charge on any atom is 0.273 e. The predicted molar refractivity (Wildman–Crippen MR) is 60.7 cm³/mol. The molecule has 0 aliphatic rings. The normalized spacial score (nSPS) is 11.9. The van der Waals surface area contributed by atoms with Crippen molar-refractivity contribution in [1.82, 2.24) is 24.4 Å². The molecule has 0 atom stereocenters. The number of primary sulfonamides is 1. The second kappa shape index (κ2) is 4.13. The molecule has 92 valence electrons. The summed E-state index contributed by atoms with van der Waals surface area (Å²) in [5.41, 5.74) is 0.756. The van der Waals surface area contributed by atoms with Crippen molar-refractivity contribution in [1.29, 1.82) is 0 Å². The Morgan fingerprint density at radius 2 is 2.06 bits per heavy atom. The Morgan fingerprint density at radius 3 is 2.59 bits per heavy atom. The van der Waals surface area contributed by atoms with Crippen molar-refractivity contribution in [3.05, 3.63) is 5.69 Å². The Morgan fingerprint density at radius 1 is 1.35 bits per heavy atom. The fraction of sp³-hybridized carbons (Fsp3) is 0.429. The first-order valence-electron chi connectivity index (χ1n) is 4.69. The molecule has 2 rings (SSSR count). The first kappa shape index (κ1) is 12.1. The third-order valence-electron chi connectivity index (χ3n) is 2.18. The number of hydrogen-bond donors (Lipinski definition) is 1. The van der Waals surface area contributed by atoms with Gasteiger partial charge in [-0.3, -0.25) is 4.57 Å². The van der Waals surface area contributed by atoms with Crippen LogP contribution in [0.4, 0.5) is 0 Å². The van der Waals surface area contributed by atoms with Gasteiger partial charge in [0, 0.05) is 7.05 Å². The van der Waals surface area contributed by atoms with Gasteiger partial charge in [0.25, 0.3) is 15.2 Å². The van der Waals surface area contributed by atoms with Gasteiger partial charge in [-0.25, -0.2) is 13.6 Å². The molecular formula is C7H10N6O2S2. The maximum atomic E-state index is 11.2. The van der Waals surface area contributed by atoms with E-state index in [0.29, 0.717) is 17.1 Å². The van der Waals surface area contributed by atoms with E-state index < -0.39 is 10.0 Å². The number of nitrogens with zero attached hydrogens (tertiary/aromatic N) is 5. The fourth-order valence-electron chi connectivity index (χ4n) is 1.37. The average molecular weight is 274 g/mol. The van der Waals surface area contributed by atoms with Gasteiger partial charge in [0.15, 0.2) is 5.82 Å². The molecule has 0 aliphatic carbocycles. The summed E-state index contributed by atoms with van der Waals surface area (Å²) in [5.74, 6) is 0.404. The van der Waals surface area contributed by atoms with Gasteiger partial charge in [0.1, 0.15) is 4.88 Å². The van der Waals surface area contributed by atoms with Crippen LogP contribution in [-0.4, -0.2) is 32.8 Å². The van der Waals surface area contributed by atoms with Crippen molar-refractivity contribution in [3.63, 3.8) is 0 Å². The second-order valence-corrected chi connectivity index (χ2v) is 5.52. The molecule has 0 bridgehead atoms. The van der Waals surface area contributed by atoms with Crippen molar-refractivity contribution in [2.45, 2.75) is 18.5 Å². The molecule has 17 heavy (non-hydrogen) atoms. The first-order chi connectivity index (χ1) is 7.95. The predicted octanol–water partition coefficient (Wildman–Crippen LogP) is -0.457. The minimum Gasteiger partial charge on any atom is -0.299 e. The van der Waals surface area contributed by atoms with Gasteiger partial charge in [-0.2, -0.15) is 0 Å². The third kappa shape index (κ3) is 2.06. The maximum absolute atomic E-state index is 11.2. The number of aryl methyl sites for hydroxylation is 1. The Bertz CT molecular complexity index is 643. The minimum atomic E-state index is -3.87. The van der Waals surface area contributed by atoms with E-state index in [1.165, 1.54) is 11.6 Å². The Hall–Kier alpha value is -1.39. The van der Waals surface area contributed by atoms with E-state index in [9.17, 15) is 8.42 Å². The summed E-state index contributed by atoms with van der Waals surface area (Å²) in [4.78, 5) is 0.706. The molecule has 0 aliphatic heterocycles. The summed E-state index contributed by atoms with van der Waals surface area (Å²) < 4.78 is 27.6. The molecule has 2 heterocycles. The number of hydrogen-bond acceptors (Lipinski definition) is 7. The van der Waals surface area contributed by atoms with Gasteiger partial charge in [-0.1, -0.05) is 11.4 Å². The molecule has 8 nitrogen and oxygen atoms in total. The van der Waals surface area contributed by atoms with Crippen LogP contribution in [-0.2, 0) is 23.5 Å². The van der Waals surface area contributed by atoms with Gasteiger partial charge in [0.05, 0.1) is 5.69 Å². The molecule has 0 radical (unpaired) electrons. The lowest BCUT2D eigenvalue weighted by Crippen LogP contribution is -2.17. The number of sulfonamides is 1. The van der Waals surface area contributed by atoms with Gasteiger partial charge in [-0.05, 0) is 18.0 Å². The van der Waals surface area contributed by atoms with E-state index in [2.05, 4.69) is 19.8 Å². The smallest absolute Gasteiger partial charge is 0.273 e. The number of rotatable bonds is 3. The van der Waals surface area contributed by atoms with Crippen LogP contribution in [0.25, 0.3) is 10.7 Å². The first-order valence-corrected chi connectivity index (χ1v) is 7.01. The summed E-state index contributed by atoms with van der Waals surface area (Å²) in [7, 11) is -2.33. The van der Waals surface area contributed by atoms with Crippen molar-refractivity contribution in [2.75, 3.05) is 0 Å². The molecule has 2 aromatic heterocycles. The molecule has 0 saturated heterocycles. The standard InChI is InChI=1S/C7H10N6O2S2/c1-3-4-5(16-12-9-4)6-10-11-7(13(6)2)17(8,14)15/h3H2,1-2H3,(H2,8,14,15). The summed E-state index contributed by atoms with van der Waals surface area (Å²) in [6.45, 7) is 1.93. The summed E-state index contributed by atoms with van der Waals surface area (Å²) in [6.07, 6.45) is 0.684. The highest BCUT2D eigenvalue weighted by molar-refractivity contribution is 7.89. The minimum absolute atomic E-state index is 0.275. The monoisotopic (exact) mass is 274 g/mol. The average Bonchev–Trinajstić information content (AvgIpc) is 2.81. The van der Waals surface area contributed by atoms with E-state index in [1.807, 2.05) is 6.92 Å². The van der Waals surface area contributed by atoms with Crippen molar-refractivity contribution < 1.29 is 8.42 Å². The highest BCUT2D eigenvalue weighted by Gasteiger charge is 2.22. The number of nitrogens with two attached hydrogens (primary N) is 1. The zero-order valence-electron chi connectivity index (χ0n) is 9.15. The summed E-state index contributed by atoms with van der Waals surface area (Å²) in [5, 5.41) is 16.1. The molecule has 0 unspecified atom stereocenters. The Kier molecular flexibility index (Phi) is 2.93. The van der Waals surface area contributed by atoms with Crippen molar-refractivity contribution in [2.24, 2.45) is 12.2 Å². The van der Waals surface area contributed by atoms with Gasteiger partial charge < -0.3 is 0 Å². The summed E-state index contributed by atoms with van der Waals surface area (Å²) >= 11 is 1.15. The molecule has 0 spiro atoms. The fourth-order valence-corrected chi connectivity index (χ4v) is 2.76. The van der Waals surface area contributed by atoms with E-state index in [4.69, 9.17) is 5.14 Å².